The molecule has 2 unspecified atom stereocenters. The van der Waals surface area contributed by atoms with Gasteiger partial charge in [-0.2, -0.15) is 0 Å². The largest absolute Gasteiger partial charge is 0.338 e. The minimum atomic E-state index is -1.33. The van der Waals surface area contributed by atoms with Crippen molar-refractivity contribution in [3.8, 4) is 0 Å². The van der Waals surface area contributed by atoms with Crippen LogP contribution in [-0.2, 0) is 9.59 Å². The van der Waals surface area contributed by atoms with Crippen molar-refractivity contribution in [2.24, 2.45) is 11.8 Å². The number of halogens is 5. The van der Waals surface area contributed by atoms with E-state index in [0.717, 1.165) is 12.8 Å². The van der Waals surface area contributed by atoms with E-state index in [2.05, 4.69) is 5.32 Å². The Bertz CT molecular complexity index is 1150. The molecule has 180 valence electrons. The molecule has 1 N–H and O–H groups in total. The Balaban J connectivity index is 1.44. The summed E-state index contributed by atoms with van der Waals surface area (Å²) in [5.41, 5.74) is 1.24. The lowest BCUT2D eigenvalue weighted by Gasteiger charge is -2.17. The third-order valence-corrected chi connectivity index (χ3v) is 7.79. The van der Waals surface area contributed by atoms with E-state index in [1.165, 1.54) is 17.0 Å². The first-order valence-corrected chi connectivity index (χ1v) is 12.6. The van der Waals surface area contributed by atoms with Gasteiger partial charge in [-0.05, 0) is 60.7 Å². The summed E-state index contributed by atoms with van der Waals surface area (Å²) in [6.45, 7) is -0.102. The summed E-state index contributed by atoms with van der Waals surface area (Å²) in [5, 5.41) is 3.82. The number of ketones is 1. The van der Waals surface area contributed by atoms with Gasteiger partial charge in [-0.15, -0.1) is 23.2 Å². The molecule has 0 aliphatic heterocycles. The molecule has 0 radical (unpaired) electrons. The first kappa shape index (κ1) is 25.6. The molecule has 0 saturated heterocycles. The third-order valence-electron chi connectivity index (χ3n) is 6.08. The van der Waals surface area contributed by atoms with Crippen LogP contribution in [0.4, 0.5) is 5.69 Å². The van der Waals surface area contributed by atoms with E-state index >= 15 is 0 Å². The highest BCUT2D eigenvalue weighted by Crippen LogP contribution is 2.65. The summed E-state index contributed by atoms with van der Waals surface area (Å²) in [4.78, 5) is 39.4. The first-order valence-electron chi connectivity index (χ1n) is 10.7. The second-order valence-corrected chi connectivity index (χ2v) is 11.6. The van der Waals surface area contributed by atoms with Crippen LogP contribution < -0.4 is 5.32 Å². The van der Waals surface area contributed by atoms with Crippen LogP contribution in [0.1, 0.15) is 41.1 Å². The Morgan fingerprint density at radius 2 is 1.68 bits per heavy atom. The van der Waals surface area contributed by atoms with Crippen molar-refractivity contribution in [2.75, 3.05) is 18.9 Å². The fourth-order valence-electron chi connectivity index (χ4n) is 3.97. The average molecular weight is 563 g/mol. The monoisotopic (exact) mass is 560 g/mol. The van der Waals surface area contributed by atoms with Gasteiger partial charge in [0.15, 0.2) is 5.78 Å². The molecule has 0 spiro atoms. The van der Waals surface area contributed by atoms with Gasteiger partial charge in [0.1, 0.15) is 4.33 Å². The Labute approximate surface area is 222 Å². The maximum absolute atomic E-state index is 13.0. The van der Waals surface area contributed by atoms with Gasteiger partial charge in [-0.3, -0.25) is 14.4 Å². The molecule has 2 aliphatic carbocycles. The van der Waals surface area contributed by atoms with Crippen LogP contribution in [0.2, 0.25) is 15.1 Å². The van der Waals surface area contributed by atoms with Gasteiger partial charge in [0, 0.05) is 40.7 Å². The van der Waals surface area contributed by atoms with Crippen LogP contribution in [0.15, 0.2) is 36.4 Å². The molecule has 0 bridgehead atoms. The van der Waals surface area contributed by atoms with E-state index in [0.29, 0.717) is 33.6 Å². The van der Waals surface area contributed by atoms with Crippen LogP contribution in [0, 0.1) is 11.8 Å². The number of carbonyl (C=O) groups is 3. The predicted octanol–water partition coefficient (Wildman–Crippen LogP) is 6.61. The van der Waals surface area contributed by atoms with Crippen molar-refractivity contribution in [1.29, 1.82) is 0 Å². The maximum Gasteiger partial charge on any atom is 0.231 e. The minimum Gasteiger partial charge on any atom is -0.338 e. The number of nitrogens with zero attached hydrogens (tertiary/aromatic N) is 1. The molecule has 4 rings (SSSR count). The number of nitrogens with one attached hydrogen (secondary N) is 1. The Morgan fingerprint density at radius 1 is 1.03 bits per heavy atom. The summed E-state index contributed by atoms with van der Waals surface area (Å²) >= 11 is 31.2. The van der Waals surface area contributed by atoms with Crippen LogP contribution in [-0.4, -0.2) is 40.4 Å². The zero-order chi connectivity index (χ0) is 24.8. The van der Waals surface area contributed by atoms with E-state index in [4.69, 9.17) is 58.0 Å². The van der Waals surface area contributed by atoms with Crippen molar-refractivity contribution in [3.63, 3.8) is 0 Å². The lowest BCUT2D eigenvalue weighted by molar-refractivity contribution is -0.129. The Morgan fingerprint density at radius 3 is 2.29 bits per heavy atom. The molecule has 0 heterocycles. The number of hydrogen-bond acceptors (Lipinski definition) is 3. The first-order chi connectivity index (χ1) is 16.0. The number of amides is 2. The van der Waals surface area contributed by atoms with Crippen molar-refractivity contribution in [1.82, 2.24) is 4.90 Å². The van der Waals surface area contributed by atoms with Gasteiger partial charge in [-0.1, -0.05) is 34.8 Å². The van der Waals surface area contributed by atoms with Gasteiger partial charge >= 0.3 is 0 Å². The normalized spacial score (nSPS) is 20.5. The molecule has 2 atom stereocenters. The molecule has 2 saturated carbocycles. The topological polar surface area (TPSA) is 66.5 Å². The van der Waals surface area contributed by atoms with Gasteiger partial charge in [0.05, 0.1) is 17.5 Å². The number of rotatable bonds is 8. The lowest BCUT2D eigenvalue weighted by Crippen LogP contribution is -2.32. The van der Waals surface area contributed by atoms with E-state index in [1.54, 1.807) is 31.3 Å². The molecular weight excluding hydrogens is 542 g/mol. The fraction of sp³-hybridized carbons (Fsp3) is 0.375. The summed E-state index contributed by atoms with van der Waals surface area (Å²) in [6.07, 6.45) is 2.56. The van der Waals surface area contributed by atoms with Gasteiger partial charge in [0.25, 0.3) is 0 Å². The van der Waals surface area contributed by atoms with E-state index < -0.39 is 22.1 Å². The molecule has 34 heavy (non-hydrogen) atoms. The number of anilines is 1. The molecule has 0 aromatic heterocycles. The molecule has 10 heteroatoms. The molecule has 5 nitrogen and oxygen atoms in total. The molecule has 2 fully saturated rings. The van der Waals surface area contributed by atoms with Crippen LogP contribution in [0.5, 0.6) is 0 Å². The quantitative estimate of drug-likeness (QED) is 0.291. The molecular formula is C24H21Cl5N2O3. The van der Waals surface area contributed by atoms with Gasteiger partial charge in [-0.25, -0.2) is 0 Å². The highest BCUT2D eigenvalue weighted by molar-refractivity contribution is 6.53. The zero-order valence-electron chi connectivity index (χ0n) is 18.1. The number of alkyl halides is 2. The number of hydrogen-bond donors (Lipinski definition) is 1. The summed E-state index contributed by atoms with van der Waals surface area (Å²) < 4.78 is -1.33. The Kier molecular flexibility index (Phi) is 7.42. The average Bonchev–Trinajstić information content (AvgIpc) is 3.64. The van der Waals surface area contributed by atoms with Crippen LogP contribution in [0.3, 0.4) is 0 Å². The van der Waals surface area contributed by atoms with Crippen molar-refractivity contribution < 1.29 is 14.4 Å². The highest BCUT2D eigenvalue weighted by atomic mass is 35.5. The van der Waals surface area contributed by atoms with Gasteiger partial charge < -0.3 is 10.2 Å². The third kappa shape index (κ3) is 5.66. The fourth-order valence-corrected chi connectivity index (χ4v) is 5.57. The van der Waals surface area contributed by atoms with Crippen LogP contribution in [0.25, 0.3) is 0 Å². The van der Waals surface area contributed by atoms with Crippen molar-refractivity contribution in [2.45, 2.75) is 29.5 Å². The standard InChI is InChI=1S/C24H21Cl5N2O3/c1-31(20(33)6-12-2-3-12)11-19(32)17-10-16(4-5-18(17)27)30-23(34)22-21(24(22,28)29)13-7-14(25)9-15(26)8-13/h4-5,7-10,12,21-22H,2-3,6,11H2,1H3,(H,30,34). The van der Waals surface area contributed by atoms with Gasteiger partial charge in [0.2, 0.25) is 11.8 Å². The number of likely N-dealkylation sites (N-methyl/N-ethyl adjacent to an activating group) is 1. The molecule has 2 aromatic carbocycles. The summed E-state index contributed by atoms with van der Waals surface area (Å²) in [7, 11) is 1.60. The second-order valence-electron chi connectivity index (χ2n) is 8.84. The second kappa shape index (κ2) is 9.87. The number of Topliss-reactive ketones (excluding diaryl/α,β-unsaturated/α-hetero) is 1. The Hall–Kier alpha value is -1.50. The van der Waals surface area contributed by atoms with Crippen LogP contribution >= 0.6 is 58.0 Å². The molecule has 2 aliphatic rings. The number of benzene rings is 2. The van der Waals surface area contributed by atoms with E-state index in [-0.39, 0.29) is 28.8 Å². The van der Waals surface area contributed by atoms with Crippen molar-refractivity contribution >= 4 is 81.3 Å². The lowest BCUT2D eigenvalue weighted by atomic mass is 10.1. The smallest absolute Gasteiger partial charge is 0.231 e. The molecule has 2 amide bonds. The van der Waals surface area contributed by atoms with E-state index in [1.807, 2.05) is 0 Å². The minimum absolute atomic E-state index is 0.0714. The SMILES string of the molecule is CN(CC(=O)c1cc(NC(=O)C2C(c3cc(Cl)cc(Cl)c3)C2(Cl)Cl)ccc1Cl)C(=O)CC1CC1. The maximum atomic E-state index is 13.0. The predicted molar refractivity (Wildman–Crippen MR) is 137 cm³/mol. The number of carbonyl (C=O) groups excluding carboxylic acids is 3. The van der Waals surface area contributed by atoms with Crippen molar-refractivity contribution in [3.05, 3.63) is 62.6 Å². The summed E-state index contributed by atoms with van der Waals surface area (Å²) in [5.74, 6) is -1.62. The summed E-state index contributed by atoms with van der Waals surface area (Å²) in [6, 6.07) is 9.51. The molecule has 2 aromatic rings. The zero-order valence-corrected chi connectivity index (χ0v) is 21.9. The highest BCUT2D eigenvalue weighted by Gasteiger charge is 2.67. The van der Waals surface area contributed by atoms with E-state index in [9.17, 15) is 14.4 Å².